The topological polar surface area (TPSA) is 46.5 Å². The van der Waals surface area contributed by atoms with Crippen LogP contribution in [-0.4, -0.2) is 24.3 Å². The molecule has 3 nitrogen and oxygen atoms in total. The molecule has 0 amide bonds. The van der Waals surface area contributed by atoms with E-state index in [4.69, 9.17) is 9.84 Å². The van der Waals surface area contributed by atoms with E-state index in [2.05, 4.69) is 22.0 Å². The number of rotatable bonds is 4. The zero-order valence-corrected chi connectivity index (χ0v) is 12.2. The van der Waals surface area contributed by atoms with Gasteiger partial charge in [0, 0.05) is 4.88 Å². The van der Waals surface area contributed by atoms with E-state index in [1.807, 2.05) is 19.9 Å². The summed E-state index contributed by atoms with van der Waals surface area (Å²) in [7, 11) is 0. The van der Waals surface area contributed by atoms with E-state index in [0.717, 1.165) is 3.79 Å². The largest absolute Gasteiger partial charge is 0.481 e. The maximum atomic E-state index is 11.0. The summed E-state index contributed by atoms with van der Waals surface area (Å²) in [5.41, 5.74) is -0.455. The van der Waals surface area contributed by atoms with E-state index in [1.54, 1.807) is 11.3 Å². The molecule has 2 rings (SSSR count). The van der Waals surface area contributed by atoms with Gasteiger partial charge in [-0.25, -0.2) is 0 Å². The van der Waals surface area contributed by atoms with Crippen molar-refractivity contribution in [3.63, 3.8) is 0 Å². The third kappa shape index (κ3) is 2.16. The number of carboxylic acid groups (broad SMARTS) is 1. The van der Waals surface area contributed by atoms with Gasteiger partial charge in [0.25, 0.3) is 0 Å². The van der Waals surface area contributed by atoms with E-state index in [-0.39, 0.29) is 17.3 Å². The number of hydrogen-bond acceptors (Lipinski definition) is 3. The Morgan fingerprint density at radius 3 is 2.59 bits per heavy atom. The molecular formula is C12H15BrO3S. The molecule has 0 spiro atoms. The number of hydrogen-bond donors (Lipinski definition) is 1. The average molecular weight is 319 g/mol. The van der Waals surface area contributed by atoms with Crippen molar-refractivity contribution in [3.8, 4) is 0 Å². The van der Waals surface area contributed by atoms with Crippen molar-refractivity contribution in [1.29, 1.82) is 0 Å². The fraction of sp³-hybridized carbons (Fsp3) is 0.583. The highest BCUT2D eigenvalue weighted by Gasteiger charge is 2.53. The standard InChI is InChI=1S/C12H15BrO3S/c1-11(2,5-10(14)15)12(6-16-7-12)8-3-4-9(13)17-8/h3-4H,5-7H2,1-2H3,(H,14,15). The number of carbonyl (C=O) groups is 1. The molecular weight excluding hydrogens is 304 g/mol. The minimum absolute atomic E-state index is 0.151. The lowest BCUT2D eigenvalue weighted by atomic mass is 9.61. The van der Waals surface area contributed by atoms with Crippen molar-refractivity contribution >= 4 is 33.2 Å². The fourth-order valence-electron chi connectivity index (χ4n) is 2.29. The summed E-state index contributed by atoms with van der Waals surface area (Å²) < 4.78 is 6.44. The molecule has 1 fully saturated rings. The zero-order valence-electron chi connectivity index (χ0n) is 9.83. The van der Waals surface area contributed by atoms with Gasteiger partial charge >= 0.3 is 5.97 Å². The first-order chi connectivity index (χ1) is 7.87. The molecule has 1 N–H and O–H groups in total. The van der Waals surface area contributed by atoms with E-state index < -0.39 is 5.97 Å². The molecule has 94 valence electrons. The number of halogens is 1. The summed E-state index contributed by atoms with van der Waals surface area (Å²) in [4.78, 5) is 12.2. The lowest BCUT2D eigenvalue weighted by molar-refractivity contribution is -0.150. The van der Waals surface area contributed by atoms with Crippen LogP contribution in [0.3, 0.4) is 0 Å². The van der Waals surface area contributed by atoms with Gasteiger partial charge in [0.05, 0.1) is 28.8 Å². The van der Waals surface area contributed by atoms with Gasteiger partial charge in [-0.05, 0) is 33.5 Å². The van der Waals surface area contributed by atoms with Crippen LogP contribution in [0.4, 0.5) is 0 Å². The van der Waals surface area contributed by atoms with Crippen LogP contribution in [0.2, 0.25) is 0 Å². The molecule has 1 aromatic heterocycles. The van der Waals surface area contributed by atoms with Crippen LogP contribution in [0.15, 0.2) is 15.9 Å². The Balaban J connectivity index is 2.34. The molecule has 0 unspecified atom stereocenters. The Morgan fingerprint density at radius 2 is 2.24 bits per heavy atom. The first-order valence-electron chi connectivity index (χ1n) is 5.43. The highest BCUT2D eigenvalue weighted by molar-refractivity contribution is 9.11. The lowest BCUT2D eigenvalue weighted by Gasteiger charge is -2.51. The van der Waals surface area contributed by atoms with E-state index >= 15 is 0 Å². The number of ether oxygens (including phenoxy) is 1. The molecule has 1 aliphatic rings. The molecule has 17 heavy (non-hydrogen) atoms. The summed E-state index contributed by atoms with van der Waals surface area (Å²) in [6.45, 7) is 5.25. The molecule has 1 saturated heterocycles. The Morgan fingerprint density at radius 1 is 1.59 bits per heavy atom. The van der Waals surface area contributed by atoms with Crippen LogP contribution in [0, 0.1) is 5.41 Å². The van der Waals surface area contributed by atoms with Crippen molar-refractivity contribution in [2.45, 2.75) is 25.7 Å². The quantitative estimate of drug-likeness (QED) is 0.926. The molecule has 0 atom stereocenters. The first kappa shape index (κ1) is 13.1. The predicted octanol–water partition coefficient (Wildman–Crippen LogP) is 3.28. The summed E-state index contributed by atoms with van der Waals surface area (Å²) in [5, 5.41) is 9.04. The Kier molecular flexibility index (Phi) is 3.36. The summed E-state index contributed by atoms with van der Waals surface area (Å²) in [6, 6.07) is 4.08. The van der Waals surface area contributed by atoms with Crippen LogP contribution in [0.5, 0.6) is 0 Å². The van der Waals surface area contributed by atoms with E-state index in [9.17, 15) is 4.79 Å². The van der Waals surface area contributed by atoms with Crippen molar-refractivity contribution in [2.75, 3.05) is 13.2 Å². The molecule has 0 aliphatic carbocycles. The van der Waals surface area contributed by atoms with Gasteiger partial charge in [0.1, 0.15) is 0 Å². The summed E-state index contributed by atoms with van der Waals surface area (Å²) in [5.74, 6) is -0.753. The maximum absolute atomic E-state index is 11.0. The van der Waals surface area contributed by atoms with Gasteiger partial charge in [0.2, 0.25) is 0 Å². The van der Waals surface area contributed by atoms with Crippen LogP contribution in [0.25, 0.3) is 0 Å². The second-order valence-corrected chi connectivity index (χ2v) is 7.60. The molecule has 1 aliphatic heterocycles. The van der Waals surface area contributed by atoms with Gasteiger partial charge in [-0.2, -0.15) is 0 Å². The Hall–Kier alpha value is -0.390. The van der Waals surface area contributed by atoms with Gasteiger partial charge < -0.3 is 9.84 Å². The molecule has 0 radical (unpaired) electrons. The number of thiophene rings is 1. The van der Waals surface area contributed by atoms with Crippen molar-refractivity contribution < 1.29 is 14.6 Å². The van der Waals surface area contributed by atoms with E-state index in [1.165, 1.54) is 4.88 Å². The molecule has 0 aromatic carbocycles. The highest BCUT2D eigenvalue weighted by atomic mass is 79.9. The SMILES string of the molecule is CC(C)(CC(=O)O)C1(c2ccc(Br)s2)COC1. The minimum Gasteiger partial charge on any atom is -0.481 e. The van der Waals surface area contributed by atoms with Gasteiger partial charge in [-0.3, -0.25) is 4.79 Å². The number of aliphatic carboxylic acids is 1. The molecule has 2 heterocycles. The van der Waals surface area contributed by atoms with Crippen LogP contribution < -0.4 is 0 Å². The van der Waals surface area contributed by atoms with Crippen LogP contribution >= 0.6 is 27.3 Å². The van der Waals surface area contributed by atoms with Gasteiger partial charge in [0.15, 0.2) is 0 Å². The fourth-order valence-corrected chi connectivity index (χ4v) is 4.02. The van der Waals surface area contributed by atoms with Crippen molar-refractivity contribution in [2.24, 2.45) is 5.41 Å². The average Bonchev–Trinajstić information content (AvgIpc) is 2.46. The van der Waals surface area contributed by atoms with Crippen LogP contribution in [-0.2, 0) is 14.9 Å². The van der Waals surface area contributed by atoms with Gasteiger partial charge in [-0.15, -0.1) is 11.3 Å². The second-order valence-electron chi connectivity index (χ2n) is 5.13. The maximum Gasteiger partial charge on any atom is 0.303 e. The zero-order chi connectivity index (χ0) is 12.7. The Labute approximate surface area is 113 Å². The monoisotopic (exact) mass is 318 g/mol. The predicted molar refractivity (Wildman–Crippen MR) is 70.5 cm³/mol. The third-order valence-corrected chi connectivity index (χ3v) is 5.46. The lowest BCUT2D eigenvalue weighted by Crippen LogP contribution is -2.57. The first-order valence-corrected chi connectivity index (χ1v) is 7.04. The molecule has 5 heteroatoms. The normalized spacial score (nSPS) is 18.8. The second kappa shape index (κ2) is 4.37. The number of carboxylic acids is 1. The Bertz CT molecular complexity index is 435. The molecule has 1 aromatic rings. The summed E-state index contributed by atoms with van der Waals surface area (Å²) >= 11 is 5.13. The smallest absolute Gasteiger partial charge is 0.303 e. The third-order valence-electron chi connectivity index (χ3n) is 3.63. The molecule has 0 saturated carbocycles. The molecule has 0 bridgehead atoms. The minimum atomic E-state index is -0.753. The van der Waals surface area contributed by atoms with Gasteiger partial charge in [-0.1, -0.05) is 13.8 Å². The van der Waals surface area contributed by atoms with Crippen molar-refractivity contribution in [3.05, 3.63) is 20.8 Å². The van der Waals surface area contributed by atoms with E-state index in [0.29, 0.717) is 13.2 Å². The van der Waals surface area contributed by atoms with Crippen molar-refractivity contribution in [1.82, 2.24) is 0 Å². The highest BCUT2D eigenvalue weighted by Crippen LogP contribution is 2.51. The summed E-state index contributed by atoms with van der Waals surface area (Å²) in [6.07, 6.45) is 0.159. The van der Waals surface area contributed by atoms with Crippen LogP contribution in [0.1, 0.15) is 25.1 Å².